The van der Waals surface area contributed by atoms with Gasteiger partial charge in [0, 0.05) is 16.8 Å². The average Bonchev–Trinajstić information content (AvgIpc) is 3.10. The molecule has 0 N–H and O–H groups in total. The van der Waals surface area contributed by atoms with Gasteiger partial charge in [0.1, 0.15) is 0 Å². The van der Waals surface area contributed by atoms with Crippen molar-refractivity contribution >= 4 is 28.6 Å². The highest BCUT2D eigenvalue weighted by atomic mass is 32.1. The Morgan fingerprint density at radius 3 is 3.15 bits per heavy atom. The molecule has 2 aromatic heterocycles. The van der Waals surface area contributed by atoms with Crippen molar-refractivity contribution in [1.82, 2.24) is 9.88 Å². The second-order valence-corrected chi connectivity index (χ2v) is 6.82. The lowest BCUT2D eigenvalue weighted by Crippen LogP contribution is -2.44. The van der Waals surface area contributed by atoms with Crippen LogP contribution in [0.5, 0.6) is 0 Å². The zero-order chi connectivity index (χ0) is 13.9. The Kier molecular flexibility index (Phi) is 4.14. The molecule has 0 aliphatic carbocycles. The van der Waals surface area contributed by atoms with Gasteiger partial charge in [-0.2, -0.15) is 0 Å². The molecule has 106 valence electrons. The van der Waals surface area contributed by atoms with E-state index < -0.39 is 0 Å². The number of thiophene rings is 1. The lowest BCUT2D eigenvalue weighted by molar-refractivity contribution is -0.139. The first-order valence-corrected chi connectivity index (χ1v) is 8.31. The second kappa shape index (κ2) is 6.03. The third-order valence-corrected chi connectivity index (χ3v) is 5.00. The summed E-state index contributed by atoms with van der Waals surface area (Å²) in [5.41, 5.74) is 0.951. The summed E-state index contributed by atoms with van der Waals surface area (Å²) >= 11 is 3.24. The van der Waals surface area contributed by atoms with Gasteiger partial charge in [0.25, 0.3) is 0 Å². The fourth-order valence-electron chi connectivity index (χ4n) is 2.34. The van der Waals surface area contributed by atoms with Crippen LogP contribution in [0.25, 0.3) is 0 Å². The fourth-order valence-corrected chi connectivity index (χ4v) is 3.70. The van der Waals surface area contributed by atoms with Gasteiger partial charge < -0.3 is 9.64 Å². The molecule has 2 aromatic rings. The number of rotatable bonds is 3. The molecule has 1 fully saturated rings. The molecular formula is C14H16N2O2S2. The Hall–Kier alpha value is -1.24. The Morgan fingerprint density at radius 1 is 1.55 bits per heavy atom. The number of amides is 1. The van der Waals surface area contributed by atoms with Crippen LogP contribution in [0.15, 0.2) is 22.9 Å². The van der Waals surface area contributed by atoms with Gasteiger partial charge in [-0.3, -0.25) is 4.79 Å². The first-order valence-electron chi connectivity index (χ1n) is 6.55. The van der Waals surface area contributed by atoms with E-state index in [2.05, 4.69) is 4.98 Å². The third kappa shape index (κ3) is 2.92. The number of aromatic nitrogens is 1. The van der Waals surface area contributed by atoms with Crippen LogP contribution in [0.1, 0.15) is 21.6 Å². The van der Waals surface area contributed by atoms with E-state index in [9.17, 15) is 4.79 Å². The summed E-state index contributed by atoms with van der Waals surface area (Å²) in [5, 5.41) is 5.06. The molecule has 0 unspecified atom stereocenters. The summed E-state index contributed by atoms with van der Waals surface area (Å²) in [5.74, 6) is 0.159. The van der Waals surface area contributed by atoms with Crippen LogP contribution in [0.3, 0.4) is 0 Å². The van der Waals surface area contributed by atoms with E-state index in [0.717, 1.165) is 15.6 Å². The molecule has 20 heavy (non-hydrogen) atoms. The number of carbonyl (C=O) groups excluding carboxylic acids is 1. The number of aryl methyl sites for hydroxylation is 1. The van der Waals surface area contributed by atoms with Crippen LogP contribution in [-0.4, -0.2) is 35.5 Å². The van der Waals surface area contributed by atoms with Gasteiger partial charge in [-0.25, -0.2) is 4.98 Å². The summed E-state index contributed by atoms with van der Waals surface area (Å²) in [7, 11) is 0. The molecule has 3 rings (SSSR count). The largest absolute Gasteiger partial charge is 0.377 e. The number of morpholine rings is 1. The molecule has 1 aliphatic rings. The standard InChI is InChI=1S/C14H16N2O2S2/c1-10-15-12(9-20-10)13-8-18-5-4-16(13)14(17)7-11-3-2-6-19-11/h2-3,6,9,13H,4-5,7-8H2,1H3/t13-/m1/s1. The molecule has 1 atom stereocenters. The van der Waals surface area contributed by atoms with Crippen molar-refractivity contribution in [1.29, 1.82) is 0 Å². The van der Waals surface area contributed by atoms with Gasteiger partial charge in [-0.15, -0.1) is 22.7 Å². The topological polar surface area (TPSA) is 42.4 Å². The number of nitrogens with zero attached hydrogens (tertiary/aromatic N) is 2. The maximum absolute atomic E-state index is 12.5. The fraction of sp³-hybridized carbons (Fsp3) is 0.429. The van der Waals surface area contributed by atoms with Crippen molar-refractivity contribution in [2.45, 2.75) is 19.4 Å². The molecule has 0 saturated carbocycles. The molecule has 0 bridgehead atoms. The molecule has 0 spiro atoms. The molecule has 3 heterocycles. The molecule has 0 radical (unpaired) electrons. The Labute approximate surface area is 126 Å². The molecule has 6 heteroatoms. The number of hydrogen-bond acceptors (Lipinski definition) is 5. The minimum atomic E-state index is -0.0406. The maximum atomic E-state index is 12.5. The molecular weight excluding hydrogens is 292 g/mol. The highest BCUT2D eigenvalue weighted by Crippen LogP contribution is 2.26. The van der Waals surface area contributed by atoms with Crippen molar-refractivity contribution in [2.75, 3.05) is 19.8 Å². The summed E-state index contributed by atoms with van der Waals surface area (Å²) in [4.78, 5) is 20.0. The highest BCUT2D eigenvalue weighted by molar-refractivity contribution is 7.10. The first kappa shape index (κ1) is 13.7. The molecule has 1 amide bonds. The minimum Gasteiger partial charge on any atom is -0.377 e. The Bertz CT molecular complexity index is 580. The predicted molar refractivity (Wildman–Crippen MR) is 80.1 cm³/mol. The van der Waals surface area contributed by atoms with E-state index in [1.807, 2.05) is 34.7 Å². The monoisotopic (exact) mass is 308 g/mol. The van der Waals surface area contributed by atoms with Crippen molar-refractivity contribution in [3.8, 4) is 0 Å². The molecule has 0 aromatic carbocycles. The van der Waals surface area contributed by atoms with Crippen molar-refractivity contribution < 1.29 is 9.53 Å². The zero-order valence-corrected chi connectivity index (χ0v) is 12.9. The van der Waals surface area contributed by atoms with Gasteiger partial charge in [-0.05, 0) is 18.4 Å². The normalized spacial score (nSPS) is 19.2. The van der Waals surface area contributed by atoms with Crippen LogP contribution in [-0.2, 0) is 16.0 Å². The van der Waals surface area contributed by atoms with Crippen LogP contribution in [0, 0.1) is 6.92 Å². The van der Waals surface area contributed by atoms with Crippen LogP contribution < -0.4 is 0 Å². The number of carbonyl (C=O) groups is 1. The summed E-state index contributed by atoms with van der Waals surface area (Å²) < 4.78 is 5.53. The molecule has 4 nitrogen and oxygen atoms in total. The molecule has 1 saturated heterocycles. The van der Waals surface area contributed by atoms with E-state index in [1.165, 1.54) is 0 Å². The van der Waals surface area contributed by atoms with Gasteiger partial charge in [0.2, 0.25) is 5.91 Å². The first-order chi connectivity index (χ1) is 9.74. The van der Waals surface area contributed by atoms with Crippen molar-refractivity contribution in [3.63, 3.8) is 0 Å². The van der Waals surface area contributed by atoms with E-state index in [0.29, 0.717) is 26.2 Å². The molecule has 1 aliphatic heterocycles. The average molecular weight is 308 g/mol. The van der Waals surface area contributed by atoms with Gasteiger partial charge >= 0.3 is 0 Å². The van der Waals surface area contributed by atoms with E-state index in [4.69, 9.17) is 4.74 Å². The van der Waals surface area contributed by atoms with Crippen molar-refractivity contribution in [2.24, 2.45) is 0 Å². The summed E-state index contributed by atoms with van der Waals surface area (Å²) in [6.07, 6.45) is 0.470. The van der Waals surface area contributed by atoms with Crippen LogP contribution >= 0.6 is 22.7 Å². The number of hydrogen-bond donors (Lipinski definition) is 0. The highest BCUT2D eigenvalue weighted by Gasteiger charge is 2.30. The number of thiazole rings is 1. The Balaban J connectivity index is 1.76. The lowest BCUT2D eigenvalue weighted by Gasteiger charge is -2.34. The van der Waals surface area contributed by atoms with Crippen molar-refractivity contribution in [3.05, 3.63) is 38.5 Å². The number of ether oxygens (including phenoxy) is 1. The minimum absolute atomic E-state index is 0.0406. The summed E-state index contributed by atoms with van der Waals surface area (Å²) in [6.45, 7) is 3.77. The quantitative estimate of drug-likeness (QED) is 0.875. The lowest BCUT2D eigenvalue weighted by atomic mass is 10.1. The van der Waals surface area contributed by atoms with Gasteiger partial charge in [0.05, 0.1) is 36.4 Å². The maximum Gasteiger partial charge on any atom is 0.228 e. The Morgan fingerprint density at radius 2 is 2.45 bits per heavy atom. The van der Waals surface area contributed by atoms with Gasteiger partial charge in [-0.1, -0.05) is 6.07 Å². The third-order valence-electron chi connectivity index (χ3n) is 3.33. The zero-order valence-electron chi connectivity index (χ0n) is 11.2. The van der Waals surface area contributed by atoms with E-state index in [-0.39, 0.29) is 11.9 Å². The van der Waals surface area contributed by atoms with Crippen LogP contribution in [0.4, 0.5) is 0 Å². The predicted octanol–water partition coefficient (Wildman–Crippen LogP) is 2.66. The van der Waals surface area contributed by atoms with E-state index in [1.54, 1.807) is 22.7 Å². The summed E-state index contributed by atoms with van der Waals surface area (Å²) in [6, 6.07) is 3.94. The van der Waals surface area contributed by atoms with E-state index >= 15 is 0 Å². The van der Waals surface area contributed by atoms with Gasteiger partial charge in [0.15, 0.2) is 0 Å². The van der Waals surface area contributed by atoms with Crippen LogP contribution in [0.2, 0.25) is 0 Å². The smallest absolute Gasteiger partial charge is 0.228 e. The second-order valence-electron chi connectivity index (χ2n) is 4.73. The SMILES string of the molecule is Cc1nc([C@H]2COCCN2C(=O)Cc2cccs2)cs1.